The van der Waals surface area contributed by atoms with Crippen LogP contribution in [-0.2, 0) is 0 Å². The first-order valence-electron chi connectivity index (χ1n) is 8.13. The minimum Gasteiger partial charge on any atom is -0.478 e. The van der Waals surface area contributed by atoms with Crippen molar-refractivity contribution in [2.75, 3.05) is 0 Å². The molecule has 0 spiro atoms. The van der Waals surface area contributed by atoms with Gasteiger partial charge in [-0.15, -0.1) is 0 Å². The Morgan fingerprint density at radius 1 is 1.00 bits per heavy atom. The molecule has 4 rings (SSSR count). The zero-order valence-corrected chi connectivity index (χ0v) is 15.7. The SMILES string of the molecule is Cc1ccc(-c2ccc(-c3cc(C(=O)O)c4cc(Cl)ccc4n3)o2)cc1Cl. The molecular formula is C21H13Cl2NO3. The summed E-state index contributed by atoms with van der Waals surface area (Å²) >= 11 is 12.2. The Morgan fingerprint density at radius 3 is 2.52 bits per heavy atom. The predicted octanol–water partition coefficient (Wildman–Crippen LogP) is 6.48. The van der Waals surface area contributed by atoms with Gasteiger partial charge in [0.15, 0.2) is 5.76 Å². The van der Waals surface area contributed by atoms with Crippen molar-refractivity contribution < 1.29 is 14.3 Å². The van der Waals surface area contributed by atoms with Gasteiger partial charge in [-0.3, -0.25) is 0 Å². The quantitative estimate of drug-likeness (QED) is 0.429. The third kappa shape index (κ3) is 3.29. The number of carboxylic acids is 1. The van der Waals surface area contributed by atoms with E-state index in [4.69, 9.17) is 27.6 Å². The topological polar surface area (TPSA) is 63.3 Å². The van der Waals surface area contributed by atoms with Crippen LogP contribution in [0, 0.1) is 6.92 Å². The van der Waals surface area contributed by atoms with Crippen molar-refractivity contribution >= 4 is 40.1 Å². The van der Waals surface area contributed by atoms with Crippen LogP contribution in [0.15, 0.2) is 59.0 Å². The van der Waals surface area contributed by atoms with E-state index in [9.17, 15) is 9.90 Å². The summed E-state index contributed by atoms with van der Waals surface area (Å²) < 4.78 is 5.92. The van der Waals surface area contributed by atoms with Gasteiger partial charge in [0.05, 0.1) is 11.1 Å². The summed E-state index contributed by atoms with van der Waals surface area (Å²) in [6, 6.07) is 15.7. The average molecular weight is 398 g/mol. The summed E-state index contributed by atoms with van der Waals surface area (Å²) in [5.74, 6) is 0.0471. The number of hydrogen-bond donors (Lipinski definition) is 1. The van der Waals surface area contributed by atoms with Crippen LogP contribution >= 0.6 is 23.2 Å². The van der Waals surface area contributed by atoms with Crippen LogP contribution in [0.1, 0.15) is 15.9 Å². The zero-order valence-electron chi connectivity index (χ0n) is 14.2. The Labute approximate surface area is 165 Å². The zero-order chi connectivity index (χ0) is 19.1. The van der Waals surface area contributed by atoms with Crippen LogP contribution in [0.4, 0.5) is 0 Å². The number of aromatic carboxylic acids is 1. The number of carbonyl (C=O) groups is 1. The maximum atomic E-state index is 11.7. The Kier molecular flexibility index (Phi) is 4.38. The van der Waals surface area contributed by atoms with E-state index >= 15 is 0 Å². The number of pyridine rings is 1. The number of halogens is 2. The fourth-order valence-electron chi connectivity index (χ4n) is 2.88. The smallest absolute Gasteiger partial charge is 0.336 e. The second kappa shape index (κ2) is 6.72. The number of benzene rings is 2. The van der Waals surface area contributed by atoms with E-state index in [0.717, 1.165) is 11.1 Å². The summed E-state index contributed by atoms with van der Waals surface area (Å²) in [6.07, 6.45) is 0. The van der Waals surface area contributed by atoms with Gasteiger partial charge in [-0.2, -0.15) is 0 Å². The van der Waals surface area contributed by atoms with E-state index in [0.29, 0.717) is 38.2 Å². The standard InChI is InChI=1S/C21H13Cl2NO3/c1-11-2-3-12(8-16(11)23)19-6-7-20(27-19)18-10-15(21(25)26)14-9-13(22)4-5-17(14)24-18/h2-10H,1H3,(H,25,26). The van der Waals surface area contributed by atoms with Gasteiger partial charge in [-0.25, -0.2) is 9.78 Å². The van der Waals surface area contributed by atoms with Gasteiger partial charge in [-0.1, -0.05) is 35.3 Å². The van der Waals surface area contributed by atoms with Crippen LogP contribution in [0.5, 0.6) is 0 Å². The predicted molar refractivity (Wildman–Crippen MR) is 107 cm³/mol. The lowest BCUT2D eigenvalue weighted by Gasteiger charge is -2.06. The number of furan rings is 1. The maximum Gasteiger partial charge on any atom is 0.336 e. The molecule has 27 heavy (non-hydrogen) atoms. The fraction of sp³-hybridized carbons (Fsp3) is 0.0476. The van der Waals surface area contributed by atoms with Crippen LogP contribution in [0.25, 0.3) is 33.7 Å². The number of hydrogen-bond acceptors (Lipinski definition) is 3. The van der Waals surface area contributed by atoms with Gasteiger partial charge in [0.1, 0.15) is 11.5 Å². The van der Waals surface area contributed by atoms with Crippen molar-refractivity contribution in [2.45, 2.75) is 6.92 Å². The molecule has 0 saturated heterocycles. The van der Waals surface area contributed by atoms with Gasteiger partial charge in [0, 0.05) is 21.0 Å². The lowest BCUT2D eigenvalue weighted by atomic mass is 10.1. The van der Waals surface area contributed by atoms with Gasteiger partial charge in [-0.05, 0) is 55.0 Å². The first-order chi connectivity index (χ1) is 12.9. The molecule has 0 radical (unpaired) electrons. The largest absolute Gasteiger partial charge is 0.478 e. The van der Waals surface area contributed by atoms with Crippen LogP contribution in [0.3, 0.4) is 0 Å². The second-order valence-corrected chi connectivity index (χ2v) is 6.99. The maximum absolute atomic E-state index is 11.7. The number of fused-ring (bicyclic) bond motifs is 1. The summed E-state index contributed by atoms with van der Waals surface area (Å²) in [4.78, 5) is 16.2. The number of aromatic nitrogens is 1. The van der Waals surface area contributed by atoms with E-state index < -0.39 is 5.97 Å². The molecule has 6 heteroatoms. The number of nitrogens with zero attached hydrogens (tertiary/aromatic N) is 1. The fourth-order valence-corrected chi connectivity index (χ4v) is 3.23. The molecule has 0 saturated carbocycles. The third-order valence-corrected chi connectivity index (χ3v) is 4.96. The molecule has 1 N–H and O–H groups in total. The van der Waals surface area contributed by atoms with E-state index in [1.165, 1.54) is 6.07 Å². The Hall–Kier alpha value is -2.82. The second-order valence-electron chi connectivity index (χ2n) is 6.15. The normalized spacial score (nSPS) is 11.1. The molecular weight excluding hydrogens is 385 g/mol. The van der Waals surface area contributed by atoms with Gasteiger partial charge in [0.2, 0.25) is 0 Å². The summed E-state index contributed by atoms with van der Waals surface area (Å²) in [5, 5.41) is 11.2. The van der Waals surface area contributed by atoms with E-state index in [1.807, 2.05) is 31.2 Å². The molecule has 4 aromatic rings. The molecule has 0 fully saturated rings. The van der Waals surface area contributed by atoms with Gasteiger partial charge < -0.3 is 9.52 Å². The number of aryl methyl sites for hydroxylation is 1. The molecule has 2 aromatic carbocycles. The molecule has 0 atom stereocenters. The molecule has 0 aliphatic rings. The highest BCUT2D eigenvalue weighted by Gasteiger charge is 2.16. The highest BCUT2D eigenvalue weighted by atomic mass is 35.5. The Bertz CT molecular complexity index is 1200. The van der Waals surface area contributed by atoms with E-state index in [1.54, 1.807) is 24.3 Å². The molecule has 0 aliphatic heterocycles. The molecule has 0 amide bonds. The van der Waals surface area contributed by atoms with Gasteiger partial charge >= 0.3 is 5.97 Å². The molecule has 4 nitrogen and oxygen atoms in total. The van der Waals surface area contributed by atoms with Crippen LogP contribution in [-0.4, -0.2) is 16.1 Å². The van der Waals surface area contributed by atoms with Crippen molar-refractivity contribution in [1.82, 2.24) is 4.98 Å². The van der Waals surface area contributed by atoms with E-state index in [-0.39, 0.29) is 5.56 Å². The van der Waals surface area contributed by atoms with Gasteiger partial charge in [0.25, 0.3) is 0 Å². The van der Waals surface area contributed by atoms with Crippen LogP contribution < -0.4 is 0 Å². The van der Waals surface area contributed by atoms with E-state index in [2.05, 4.69) is 4.98 Å². The first kappa shape index (κ1) is 17.6. The Morgan fingerprint density at radius 2 is 1.78 bits per heavy atom. The van der Waals surface area contributed by atoms with Crippen molar-refractivity contribution in [2.24, 2.45) is 0 Å². The van der Waals surface area contributed by atoms with Crippen LogP contribution in [0.2, 0.25) is 10.0 Å². The molecule has 0 unspecified atom stereocenters. The number of rotatable bonds is 3. The minimum absolute atomic E-state index is 0.119. The lowest BCUT2D eigenvalue weighted by Crippen LogP contribution is -2.00. The highest BCUT2D eigenvalue weighted by molar-refractivity contribution is 6.32. The Balaban J connectivity index is 1.83. The summed E-state index contributed by atoms with van der Waals surface area (Å²) in [6.45, 7) is 1.93. The molecule has 2 heterocycles. The van der Waals surface area contributed by atoms with Crippen molar-refractivity contribution in [1.29, 1.82) is 0 Å². The highest BCUT2D eigenvalue weighted by Crippen LogP contribution is 2.32. The lowest BCUT2D eigenvalue weighted by molar-refractivity contribution is 0.0699. The monoisotopic (exact) mass is 397 g/mol. The third-order valence-electron chi connectivity index (χ3n) is 4.32. The molecule has 2 aromatic heterocycles. The first-order valence-corrected chi connectivity index (χ1v) is 8.88. The van der Waals surface area contributed by atoms with Crippen molar-refractivity contribution in [3.63, 3.8) is 0 Å². The minimum atomic E-state index is -1.05. The van der Waals surface area contributed by atoms with Crippen molar-refractivity contribution in [3.8, 4) is 22.8 Å². The molecule has 0 aliphatic carbocycles. The average Bonchev–Trinajstić information content (AvgIpc) is 3.13. The summed E-state index contributed by atoms with van der Waals surface area (Å²) in [5.41, 5.74) is 2.90. The number of carboxylic acid groups (broad SMARTS) is 1. The molecule has 134 valence electrons. The van der Waals surface area contributed by atoms with Crippen molar-refractivity contribution in [3.05, 3.63) is 75.8 Å². The summed E-state index contributed by atoms with van der Waals surface area (Å²) in [7, 11) is 0. The molecule has 0 bridgehead atoms.